The van der Waals surface area contributed by atoms with Gasteiger partial charge in [-0.25, -0.2) is 9.50 Å². The minimum Gasteiger partial charge on any atom is -0.394 e. The van der Waals surface area contributed by atoms with Crippen LogP contribution >= 0.6 is 0 Å². The van der Waals surface area contributed by atoms with Gasteiger partial charge in [-0.1, -0.05) is 0 Å². The Bertz CT molecular complexity index is 680. The van der Waals surface area contributed by atoms with Crippen LogP contribution in [-0.4, -0.2) is 48.7 Å². The molecule has 0 unspecified atom stereocenters. The summed E-state index contributed by atoms with van der Waals surface area (Å²) in [5.74, 6) is 0.265. The molecule has 112 valence electrons. The number of hydrogen-bond donors (Lipinski definition) is 4. The molecule has 2 aromatic heterocycles. The standard InChI is InChI=1S/C13H17N5O3/c1-13(6-14,11(21)4-8(20)5-19)10-3-2-9-12(15)16-7-17-18(9)10/h2-3,7-8,11,19-21H,4-5H2,1H3,(H2,15,16,17)/t8-,11+,13+/m0/s1. The van der Waals surface area contributed by atoms with Crippen LogP contribution < -0.4 is 5.73 Å². The first-order valence-electron chi connectivity index (χ1n) is 6.41. The highest BCUT2D eigenvalue weighted by Gasteiger charge is 2.39. The van der Waals surface area contributed by atoms with Gasteiger partial charge in [0.15, 0.2) is 5.82 Å². The van der Waals surface area contributed by atoms with Gasteiger partial charge in [-0.15, -0.1) is 0 Å². The molecule has 8 heteroatoms. The van der Waals surface area contributed by atoms with Gasteiger partial charge < -0.3 is 21.1 Å². The summed E-state index contributed by atoms with van der Waals surface area (Å²) in [5.41, 5.74) is 5.39. The predicted molar refractivity (Wildman–Crippen MR) is 74.1 cm³/mol. The molecule has 0 radical (unpaired) electrons. The second kappa shape index (κ2) is 5.65. The number of nitrogens with zero attached hydrogens (tertiary/aromatic N) is 4. The molecule has 0 bridgehead atoms. The van der Waals surface area contributed by atoms with Crippen molar-refractivity contribution in [2.45, 2.75) is 31.0 Å². The second-order valence-electron chi connectivity index (χ2n) is 5.06. The van der Waals surface area contributed by atoms with Gasteiger partial charge in [-0.2, -0.15) is 10.4 Å². The highest BCUT2D eigenvalue weighted by molar-refractivity contribution is 5.66. The smallest absolute Gasteiger partial charge is 0.151 e. The van der Waals surface area contributed by atoms with Crippen molar-refractivity contribution in [3.05, 3.63) is 24.2 Å². The van der Waals surface area contributed by atoms with Gasteiger partial charge in [0.1, 0.15) is 17.3 Å². The van der Waals surface area contributed by atoms with Gasteiger partial charge in [0.2, 0.25) is 0 Å². The molecule has 0 aliphatic heterocycles. The van der Waals surface area contributed by atoms with Crippen LogP contribution in [-0.2, 0) is 5.41 Å². The third-order valence-corrected chi connectivity index (χ3v) is 3.62. The summed E-state index contributed by atoms with van der Waals surface area (Å²) in [6.07, 6.45) is -1.15. The normalized spacial score (nSPS) is 17.1. The Labute approximate surface area is 121 Å². The number of nitrogens with two attached hydrogens (primary N) is 1. The summed E-state index contributed by atoms with van der Waals surface area (Å²) in [5, 5.41) is 42.2. The maximum Gasteiger partial charge on any atom is 0.151 e. The molecule has 3 atom stereocenters. The van der Waals surface area contributed by atoms with E-state index in [2.05, 4.69) is 16.2 Å². The molecule has 0 aliphatic rings. The zero-order valence-corrected chi connectivity index (χ0v) is 11.5. The molecular weight excluding hydrogens is 274 g/mol. The van der Waals surface area contributed by atoms with Crippen molar-refractivity contribution in [2.75, 3.05) is 12.3 Å². The second-order valence-corrected chi connectivity index (χ2v) is 5.06. The highest BCUT2D eigenvalue weighted by Crippen LogP contribution is 2.31. The molecule has 2 heterocycles. The van der Waals surface area contributed by atoms with Crippen molar-refractivity contribution < 1.29 is 15.3 Å². The lowest BCUT2D eigenvalue weighted by atomic mass is 9.80. The molecule has 0 aromatic carbocycles. The topological polar surface area (TPSA) is 141 Å². The van der Waals surface area contributed by atoms with Gasteiger partial charge >= 0.3 is 0 Å². The third-order valence-electron chi connectivity index (χ3n) is 3.62. The summed E-state index contributed by atoms with van der Waals surface area (Å²) in [4.78, 5) is 3.86. The average Bonchev–Trinajstić information content (AvgIpc) is 2.92. The molecule has 2 rings (SSSR count). The molecule has 5 N–H and O–H groups in total. The summed E-state index contributed by atoms with van der Waals surface area (Å²) in [6.45, 7) is 1.06. The number of aromatic nitrogens is 3. The van der Waals surface area contributed by atoms with E-state index in [1.54, 1.807) is 19.1 Å². The van der Waals surface area contributed by atoms with Crippen molar-refractivity contribution in [3.8, 4) is 6.07 Å². The van der Waals surface area contributed by atoms with E-state index < -0.39 is 24.2 Å². The third kappa shape index (κ3) is 2.54. The maximum absolute atomic E-state index is 10.3. The lowest BCUT2D eigenvalue weighted by Gasteiger charge is -2.28. The van der Waals surface area contributed by atoms with E-state index in [0.29, 0.717) is 11.2 Å². The van der Waals surface area contributed by atoms with Crippen molar-refractivity contribution >= 4 is 11.3 Å². The summed E-state index contributed by atoms with van der Waals surface area (Å²) in [6, 6.07) is 5.36. The molecule has 0 fully saturated rings. The molecule has 0 saturated heterocycles. The van der Waals surface area contributed by atoms with Gasteiger partial charge in [0.05, 0.1) is 30.6 Å². The number of nitriles is 1. The van der Waals surface area contributed by atoms with Crippen molar-refractivity contribution in [1.29, 1.82) is 5.26 Å². The van der Waals surface area contributed by atoms with Crippen LogP contribution in [0.15, 0.2) is 18.5 Å². The first-order chi connectivity index (χ1) is 9.93. The van der Waals surface area contributed by atoms with E-state index in [9.17, 15) is 15.5 Å². The van der Waals surface area contributed by atoms with Crippen molar-refractivity contribution in [3.63, 3.8) is 0 Å². The zero-order chi connectivity index (χ0) is 15.6. The van der Waals surface area contributed by atoms with Crippen LogP contribution in [0.1, 0.15) is 19.0 Å². The van der Waals surface area contributed by atoms with E-state index >= 15 is 0 Å². The molecular formula is C13H17N5O3. The molecule has 8 nitrogen and oxygen atoms in total. The first-order valence-corrected chi connectivity index (χ1v) is 6.41. The van der Waals surface area contributed by atoms with Crippen LogP contribution in [0.25, 0.3) is 5.52 Å². The fourth-order valence-corrected chi connectivity index (χ4v) is 2.22. The van der Waals surface area contributed by atoms with Gasteiger partial charge in [-0.05, 0) is 19.1 Å². The number of rotatable bonds is 5. The van der Waals surface area contributed by atoms with Gasteiger partial charge in [0.25, 0.3) is 0 Å². The first kappa shape index (κ1) is 15.2. The number of aliphatic hydroxyl groups excluding tert-OH is 3. The van der Waals surface area contributed by atoms with Crippen molar-refractivity contribution in [1.82, 2.24) is 14.6 Å². The van der Waals surface area contributed by atoms with Crippen LogP contribution in [0.3, 0.4) is 0 Å². The fraction of sp³-hybridized carbons (Fsp3) is 0.462. The average molecular weight is 291 g/mol. The monoisotopic (exact) mass is 291 g/mol. The summed E-state index contributed by atoms with van der Waals surface area (Å²) in [7, 11) is 0. The molecule has 2 aromatic rings. The van der Waals surface area contributed by atoms with Crippen LogP contribution in [0.2, 0.25) is 0 Å². The van der Waals surface area contributed by atoms with E-state index in [1.807, 2.05) is 0 Å². The maximum atomic E-state index is 10.3. The number of fused-ring (bicyclic) bond motifs is 1. The molecule has 0 amide bonds. The molecule has 0 spiro atoms. The minimum atomic E-state index is -1.32. The lowest BCUT2D eigenvalue weighted by molar-refractivity contribution is 0.0208. The Morgan fingerprint density at radius 2 is 2.19 bits per heavy atom. The van der Waals surface area contributed by atoms with Crippen molar-refractivity contribution in [2.24, 2.45) is 0 Å². The van der Waals surface area contributed by atoms with Gasteiger partial charge in [-0.3, -0.25) is 0 Å². The highest BCUT2D eigenvalue weighted by atomic mass is 16.3. The van der Waals surface area contributed by atoms with Crippen LogP contribution in [0.5, 0.6) is 0 Å². The number of nitrogen functional groups attached to an aromatic ring is 1. The SMILES string of the molecule is C[C@@](C#N)(c1ccc2c(N)ncnn12)[C@H](O)C[C@H](O)CO. The fourth-order valence-electron chi connectivity index (χ4n) is 2.22. The Morgan fingerprint density at radius 1 is 1.48 bits per heavy atom. The van der Waals surface area contributed by atoms with Crippen LogP contribution in [0, 0.1) is 11.3 Å². The van der Waals surface area contributed by atoms with E-state index in [4.69, 9.17) is 10.8 Å². The van der Waals surface area contributed by atoms with Crippen LogP contribution in [0.4, 0.5) is 5.82 Å². The lowest BCUT2D eigenvalue weighted by Crippen LogP contribution is -2.39. The minimum absolute atomic E-state index is 0.131. The predicted octanol–water partition coefficient (Wildman–Crippen LogP) is -0.803. The largest absolute Gasteiger partial charge is 0.394 e. The summed E-state index contributed by atoms with van der Waals surface area (Å²) < 4.78 is 1.44. The molecule has 0 aliphatic carbocycles. The number of aliphatic hydroxyl groups is 3. The number of hydrogen-bond acceptors (Lipinski definition) is 7. The Kier molecular flexibility index (Phi) is 4.09. The summed E-state index contributed by atoms with van der Waals surface area (Å²) >= 11 is 0. The van der Waals surface area contributed by atoms with E-state index in [-0.39, 0.29) is 12.2 Å². The van der Waals surface area contributed by atoms with E-state index in [0.717, 1.165) is 0 Å². The van der Waals surface area contributed by atoms with E-state index in [1.165, 1.54) is 10.8 Å². The number of anilines is 1. The molecule has 0 saturated carbocycles. The molecule has 21 heavy (non-hydrogen) atoms. The zero-order valence-electron chi connectivity index (χ0n) is 11.5. The van der Waals surface area contributed by atoms with Gasteiger partial charge in [0, 0.05) is 6.42 Å². The quantitative estimate of drug-likeness (QED) is 0.565. The Hall–Kier alpha value is -2.21. The Balaban J connectivity index is 2.48. The Morgan fingerprint density at radius 3 is 2.81 bits per heavy atom.